The van der Waals surface area contributed by atoms with Crippen LogP contribution in [0.3, 0.4) is 0 Å². The van der Waals surface area contributed by atoms with Crippen molar-refractivity contribution in [1.29, 1.82) is 0 Å². The Morgan fingerprint density at radius 3 is 2.31 bits per heavy atom. The monoisotopic (exact) mass is 360 g/mol. The van der Waals surface area contributed by atoms with Crippen LogP contribution in [-0.2, 0) is 6.18 Å². The quantitative estimate of drug-likeness (QED) is 0.417. The first-order valence-corrected chi connectivity index (χ1v) is 7.50. The summed E-state index contributed by atoms with van der Waals surface area (Å²) in [4.78, 5) is 8.37. The van der Waals surface area contributed by atoms with Crippen molar-refractivity contribution < 1.29 is 13.2 Å². The summed E-state index contributed by atoms with van der Waals surface area (Å²) >= 11 is 0. The van der Waals surface area contributed by atoms with Gasteiger partial charge >= 0.3 is 6.18 Å². The van der Waals surface area contributed by atoms with Crippen molar-refractivity contribution in [3.05, 3.63) is 60.4 Å². The summed E-state index contributed by atoms with van der Waals surface area (Å²) in [5.74, 6) is 6.12. The maximum Gasteiger partial charge on any atom is 0.416 e. The molecule has 134 valence electrons. The highest BCUT2D eigenvalue weighted by atomic mass is 19.4. The van der Waals surface area contributed by atoms with Crippen molar-refractivity contribution in [2.75, 3.05) is 16.5 Å². The van der Waals surface area contributed by atoms with Gasteiger partial charge in [-0.15, -0.1) is 0 Å². The lowest BCUT2D eigenvalue weighted by molar-refractivity contribution is -0.137. The molecule has 6 nitrogen and oxygen atoms in total. The van der Waals surface area contributed by atoms with Gasteiger partial charge in [0.15, 0.2) is 5.82 Å². The molecule has 0 spiro atoms. The van der Waals surface area contributed by atoms with E-state index in [4.69, 9.17) is 11.6 Å². The SMILES string of the molecule is NNc1ncc(-c2cccnc2Nc2ccc(C(F)(F)F)cc2)cc1N. The van der Waals surface area contributed by atoms with Crippen LogP contribution in [0.4, 0.5) is 36.2 Å². The maximum atomic E-state index is 12.7. The van der Waals surface area contributed by atoms with E-state index in [0.717, 1.165) is 12.1 Å². The number of nitrogens with two attached hydrogens (primary N) is 2. The minimum absolute atomic E-state index is 0.342. The molecule has 0 amide bonds. The molecular weight excluding hydrogens is 345 g/mol. The van der Waals surface area contributed by atoms with E-state index in [1.165, 1.54) is 12.1 Å². The number of hydrazine groups is 1. The smallest absolute Gasteiger partial charge is 0.396 e. The summed E-state index contributed by atoms with van der Waals surface area (Å²) in [7, 11) is 0. The molecule has 0 radical (unpaired) electrons. The first-order chi connectivity index (χ1) is 12.4. The van der Waals surface area contributed by atoms with Crippen LogP contribution in [0.1, 0.15) is 5.56 Å². The van der Waals surface area contributed by atoms with Crippen molar-refractivity contribution in [1.82, 2.24) is 9.97 Å². The maximum absolute atomic E-state index is 12.7. The predicted octanol–water partition coefficient (Wildman–Crippen LogP) is 3.77. The van der Waals surface area contributed by atoms with E-state index in [-0.39, 0.29) is 0 Å². The topological polar surface area (TPSA) is 102 Å². The van der Waals surface area contributed by atoms with Gasteiger partial charge in [0.05, 0.1) is 11.3 Å². The number of pyridine rings is 2. The van der Waals surface area contributed by atoms with Crippen LogP contribution in [0.25, 0.3) is 11.1 Å². The molecule has 1 aromatic carbocycles. The van der Waals surface area contributed by atoms with Crippen LogP contribution >= 0.6 is 0 Å². The molecule has 0 aliphatic heterocycles. The lowest BCUT2D eigenvalue weighted by Gasteiger charge is -2.13. The van der Waals surface area contributed by atoms with Gasteiger partial charge in [0, 0.05) is 29.2 Å². The number of rotatable bonds is 4. The van der Waals surface area contributed by atoms with E-state index in [2.05, 4.69) is 20.7 Å². The van der Waals surface area contributed by atoms with Crippen molar-refractivity contribution in [2.45, 2.75) is 6.18 Å². The Hall–Kier alpha value is -3.33. The molecule has 0 aliphatic carbocycles. The molecule has 3 rings (SSSR count). The van der Waals surface area contributed by atoms with Gasteiger partial charge in [0.1, 0.15) is 5.82 Å². The number of benzene rings is 1. The standard InChI is InChI=1S/C17H15F3N6/c18-17(19,20)11-3-5-12(6-4-11)25-15-13(2-1-7-23-15)10-8-14(21)16(26-22)24-9-10/h1-9H,21-22H2,(H,23,25)(H,24,26). The molecule has 9 heteroatoms. The Kier molecular flexibility index (Phi) is 4.63. The molecule has 26 heavy (non-hydrogen) atoms. The lowest BCUT2D eigenvalue weighted by atomic mass is 10.1. The van der Waals surface area contributed by atoms with Gasteiger partial charge in [0.25, 0.3) is 0 Å². The zero-order valence-corrected chi connectivity index (χ0v) is 13.4. The highest BCUT2D eigenvalue weighted by Gasteiger charge is 2.29. The van der Waals surface area contributed by atoms with Crippen LogP contribution in [-0.4, -0.2) is 9.97 Å². The van der Waals surface area contributed by atoms with Crippen molar-refractivity contribution in [3.8, 4) is 11.1 Å². The molecule has 2 aromatic heterocycles. The minimum Gasteiger partial charge on any atom is -0.396 e. The molecule has 0 aliphatic rings. The Labute approximate surface area is 147 Å². The molecule has 0 fully saturated rings. The molecule has 0 atom stereocenters. The fraction of sp³-hybridized carbons (Fsp3) is 0.0588. The third-order valence-electron chi connectivity index (χ3n) is 3.65. The molecule has 0 bridgehead atoms. The van der Waals surface area contributed by atoms with Crippen LogP contribution in [0, 0.1) is 0 Å². The van der Waals surface area contributed by atoms with Crippen LogP contribution in [0.2, 0.25) is 0 Å². The van der Waals surface area contributed by atoms with Gasteiger partial charge in [-0.1, -0.05) is 0 Å². The molecule has 0 saturated heterocycles. The number of alkyl halides is 3. The molecule has 2 heterocycles. The van der Waals surface area contributed by atoms with E-state index in [1.807, 2.05) is 0 Å². The van der Waals surface area contributed by atoms with E-state index in [9.17, 15) is 13.2 Å². The number of nitrogens with one attached hydrogen (secondary N) is 2. The average Bonchev–Trinajstić information content (AvgIpc) is 2.62. The second-order valence-electron chi connectivity index (χ2n) is 5.41. The highest BCUT2D eigenvalue weighted by Crippen LogP contribution is 2.33. The number of hydrogen-bond donors (Lipinski definition) is 4. The van der Waals surface area contributed by atoms with Crippen molar-refractivity contribution >= 4 is 23.0 Å². The average molecular weight is 360 g/mol. The summed E-state index contributed by atoms with van der Waals surface area (Å²) in [6.07, 6.45) is -1.24. The second-order valence-corrected chi connectivity index (χ2v) is 5.41. The third-order valence-corrected chi connectivity index (χ3v) is 3.65. The van der Waals surface area contributed by atoms with Crippen LogP contribution < -0.4 is 22.3 Å². The number of nitrogens with zero attached hydrogens (tertiary/aromatic N) is 2. The molecule has 0 saturated carbocycles. The third kappa shape index (κ3) is 3.67. The van der Waals surface area contributed by atoms with E-state index in [0.29, 0.717) is 34.1 Å². The zero-order valence-electron chi connectivity index (χ0n) is 13.4. The van der Waals surface area contributed by atoms with E-state index in [1.54, 1.807) is 30.6 Å². The number of nitrogen functional groups attached to an aromatic ring is 2. The van der Waals surface area contributed by atoms with Gasteiger partial charge in [0.2, 0.25) is 0 Å². The fourth-order valence-electron chi connectivity index (χ4n) is 2.37. The first kappa shape index (κ1) is 17.5. The second kappa shape index (κ2) is 6.89. The van der Waals surface area contributed by atoms with Crippen molar-refractivity contribution in [3.63, 3.8) is 0 Å². The first-order valence-electron chi connectivity index (χ1n) is 7.50. The van der Waals surface area contributed by atoms with Gasteiger partial charge in [-0.25, -0.2) is 15.8 Å². The number of hydrogen-bond acceptors (Lipinski definition) is 6. The molecule has 6 N–H and O–H groups in total. The Bertz CT molecular complexity index is 909. The van der Waals surface area contributed by atoms with E-state index >= 15 is 0 Å². The van der Waals surface area contributed by atoms with Crippen molar-refractivity contribution in [2.24, 2.45) is 5.84 Å². The summed E-state index contributed by atoms with van der Waals surface area (Å²) in [5, 5.41) is 3.01. The normalized spacial score (nSPS) is 11.2. The Morgan fingerprint density at radius 2 is 1.69 bits per heavy atom. The zero-order chi connectivity index (χ0) is 18.7. The summed E-state index contributed by atoms with van der Waals surface area (Å²) in [6, 6.07) is 9.91. The largest absolute Gasteiger partial charge is 0.416 e. The Morgan fingerprint density at radius 1 is 0.962 bits per heavy atom. The number of aromatic nitrogens is 2. The number of anilines is 4. The summed E-state index contributed by atoms with van der Waals surface area (Å²) < 4.78 is 38.0. The molecule has 0 unspecified atom stereocenters. The Balaban J connectivity index is 1.91. The molecule has 3 aromatic rings. The van der Waals surface area contributed by atoms with E-state index < -0.39 is 11.7 Å². The van der Waals surface area contributed by atoms with Gasteiger partial charge < -0.3 is 16.5 Å². The van der Waals surface area contributed by atoms with Gasteiger partial charge in [-0.2, -0.15) is 13.2 Å². The van der Waals surface area contributed by atoms with Gasteiger partial charge in [-0.3, -0.25) is 0 Å². The molecular formula is C17H15F3N6. The number of halogens is 3. The predicted molar refractivity (Wildman–Crippen MR) is 94.4 cm³/mol. The van der Waals surface area contributed by atoms with Crippen LogP contribution in [0.5, 0.6) is 0 Å². The highest BCUT2D eigenvalue weighted by molar-refractivity contribution is 5.81. The van der Waals surface area contributed by atoms with Gasteiger partial charge in [-0.05, 0) is 42.5 Å². The summed E-state index contributed by atoms with van der Waals surface area (Å²) in [6.45, 7) is 0. The summed E-state index contributed by atoms with van der Waals surface area (Å²) in [5.41, 5.74) is 9.75. The van der Waals surface area contributed by atoms with Crippen LogP contribution in [0.15, 0.2) is 54.9 Å². The fourth-order valence-corrected chi connectivity index (χ4v) is 2.37. The lowest BCUT2D eigenvalue weighted by Crippen LogP contribution is -2.10. The minimum atomic E-state index is -4.38.